The molecule has 0 spiro atoms. The molecule has 0 saturated heterocycles. The summed E-state index contributed by atoms with van der Waals surface area (Å²) < 4.78 is 2.90. The number of aromatic amines is 1. The molecule has 3 aromatic rings. The molecule has 0 fully saturated rings. The Hall–Kier alpha value is -2.13. The summed E-state index contributed by atoms with van der Waals surface area (Å²) in [4.78, 5) is 3.16. The highest BCUT2D eigenvalue weighted by molar-refractivity contribution is 7.71. The van der Waals surface area contributed by atoms with Crippen molar-refractivity contribution < 1.29 is 0 Å². The Morgan fingerprint density at radius 1 is 0.952 bits per heavy atom. The van der Waals surface area contributed by atoms with E-state index in [0.717, 1.165) is 23.4 Å². The molecule has 0 aliphatic carbocycles. The maximum absolute atomic E-state index is 5.43. The van der Waals surface area contributed by atoms with Crippen molar-refractivity contribution in [2.75, 3.05) is 0 Å². The van der Waals surface area contributed by atoms with Gasteiger partial charge in [0.25, 0.3) is 0 Å². The number of rotatable bonds is 4. The lowest BCUT2D eigenvalue weighted by Crippen LogP contribution is -2.02. The minimum Gasteiger partial charge on any atom is -0.337 e. The van der Waals surface area contributed by atoms with Crippen LogP contribution in [-0.4, -0.2) is 9.55 Å². The lowest BCUT2D eigenvalue weighted by molar-refractivity contribution is 0.791. The smallest absolute Gasteiger partial charge is 0.177 e. The van der Waals surface area contributed by atoms with E-state index in [0.29, 0.717) is 0 Å². The number of nitrogens with one attached hydrogen (secondary N) is 1. The Bertz CT molecular complexity index is 767. The van der Waals surface area contributed by atoms with Crippen LogP contribution in [0.3, 0.4) is 0 Å². The molecule has 21 heavy (non-hydrogen) atoms. The highest BCUT2D eigenvalue weighted by Gasteiger charge is 2.07. The van der Waals surface area contributed by atoms with E-state index in [9.17, 15) is 0 Å². The molecule has 0 bridgehead atoms. The normalized spacial score (nSPS) is 10.7. The fourth-order valence-electron chi connectivity index (χ4n) is 2.46. The monoisotopic (exact) mass is 294 g/mol. The van der Waals surface area contributed by atoms with Crippen molar-refractivity contribution in [3.8, 4) is 11.3 Å². The van der Waals surface area contributed by atoms with Crippen LogP contribution in [0, 0.1) is 4.77 Å². The molecule has 3 rings (SSSR count). The second kappa shape index (κ2) is 6.10. The summed E-state index contributed by atoms with van der Waals surface area (Å²) in [6, 6.07) is 19.1. The zero-order valence-corrected chi connectivity index (χ0v) is 12.9. The standard InChI is InChI=1S/C18H18N2S/c1-2-14-8-10-15(11-9-14)13-20-17(12-19-18(20)21)16-6-4-3-5-7-16/h3-12H,2,13H2,1H3,(H,19,21). The average Bonchev–Trinajstić information content (AvgIpc) is 2.90. The third-order valence-corrected chi connectivity index (χ3v) is 4.05. The van der Waals surface area contributed by atoms with Gasteiger partial charge in [-0.05, 0) is 35.3 Å². The second-order valence-corrected chi connectivity index (χ2v) is 5.49. The van der Waals surface area contributed by atoms with Crippen molar-refractivity contribution in [3.63, 3.8) is 0 Å². The first kappa shape index (κ1) is 13.8. The van der Waals surface area contributed by atoms with Crippen LogP contribution in [0.15, 0.2) is 60.8 Å². The molecule has 0 radical (unpaired) electrons. The average molecular weight is 294 g/mol. The molecule has 0 saturated carbocycles. The number of nitrogens with zero attached hydrogens (tertiary/aromatic N) is 1. The third kappa shape index (κ3) is 2.98. The molecule has 1 N–H and O–H groups in total. The fourth-order valence-corrected chi connectivity index (χ4v) is 2.69. The van der Waals surface area contributed by atoms with E-state index in [1.54, 1.807) is 0 Å². The first-order valence-corrected chi connectivity index (χ1v) is 7.60. The van der Waals surface area contributed by atoms with Crippen molar-refractivity contribution in [1.29, 1.82) is 0 Å². The highest BCUT2D eigenvalue weighted by Crippen LogP contribution is 2.20. The van der Waals surface area contributed by atoms with Crippen LogP contribution in [-0.2, 0) is 13.0 Å². The van der Waals surface area contributed by atoms with Gasteiger partial charge >= 0.3 is 0 Å². The Morgan fingerprint density at radius 3 is 2.29 bits per heavy atom. The molecule has 0 unspecified atom stereocenters. The van der Waals surface area contributed by atoms with Crippen LogP contribution in [0.4, 0.5) is 0 Å². The summed E-state index contributed by atoms with van der Waals surface area (Å²) in [7, 11) is 0. The van der Waals surface area contributed by atoms with Crippen LogP contribution in [0.25, 0.3) is 11.3 Å². The Labute approximate surface area is 130 Å². The van der Waals surface area contributed by atoms with Crippen molar-refractivity contribution in [3.05, 3.63) is 76.7 Å². The maximum atomic E-state index is 5.43. The van der Waals surface area contributed by atoms with Gasteiger partial charge in [0, 0.05) is 6.20 Å². The molecule has 1 heterocycles. The second-order valence-electron chi connectivity index (χ2n) is 5.10. The lowest BCUT2D eigenvalue weighted by Gasteiger charge is -2.09. The van der Waals surface area contributed by atoms with Crippen molar-refractivity contribution in [2.24, 2.45) is 0 Å². The van der Waals surface area contributed by atoms with Crippen LogP contribution in [0.1, 0.15) is 18.1 Å². The van der Waals surface area contributed by atoms with E-state index >= 15 is 0 Å². The fraction of sp³-hybridized carbons (Fsp3) is 0.167. The topological polar surface area (TPSA) is 20.7 Å². The quantitative estimate of drug-likeness (QED) is 0.684. The summed E-state index contributed by atoms with van der Waals surface area (Å²) in [6.07, 6.45) is 3.05. The number of benzene rings is 2. The van der Waals surface area contributed by atoms with E-state index in [1.807, 2.05) is 24.4 Å². The molecule has 1 aromatic heterocycles. The zero-order chi connectivity index (χ0) is 14.7. The molecule has 106 valence electrons. The number of aryl methyl sites for hydroxylation is 1. The number of imidazole rings is 1. The first-order chi connectivity index (χ1) is 10.3. The van der Waals surface area contributed by atoms with Gasteiger partial charge in [0.2, 0.25) is 0 Å². The van der Waals surface area contributed by atoms with Gasteiger partial charge in [-0.15, -0.1) is 0 Å². The predicted octanol–water partition coefficient (Wildman–Crippen LogP) is 4.82. The number of H-pyrrole nitrogens is 1. The van der Waals surface area contributed by atoms with Gasteiger partial charge in [0.1, 0.15) is 0 Å². The minimum absolute atomic E-state index is 0.758. The molecule has 2 aromatic carbocycles. The molecular weight excluding hydrogens is 276 g/mol. The predicted molar refractivity (Wildman–Crippen MR) is 90.0 cm³/mol. The zero-order valence-electron chi connectivity index (χ0n) is 12.0. The molecule has 0 amide bonds. The number of hydrogen-bond acceptors (Lipinski definition) is 1. The van der Waals surface area contributed by atoms with Crippen molar-refractivity contribution >= 4 is 12.2 Å². The van der Waals surface area contributed by atoms with Crippen LogP contribution in [0.5, 0.6) is 0 Å². The Balaban J connectivity index is 1.95. The molecule has 0 aliphatic rings. The first-order valence-electron chi connectivity index (χ1n) is 7.19. The van der Waals surface area contributed by atoms with Crippen molar-refractivity contribution in [1.82, 2.24) is 9.55 Å². The largest absolute Gasteiger partial charge is 0.337 e. The summed E-state index contributed by atoms with van der Waals surface area (Å²) in [5, 5.41) is 0. The van der Waals surface area contributed by atoms with Gasteiger partial charge in [-0.25, -0.2) is 0 Å². The van der Waals surface area contributed by atoms with Crippen LogP contribution in [0.2, 0.25) is 0 Å². The van der Waals surface area contributed by atoms with Crippen molar-refractivity contribution in [2.45, 2.75) is 19.9 Å². The van der Waals surface area contributed by atoms with E-state index in [1.165, 1.54) is 16.7 Å². The van der Waals surface area contributed by atoms with Gasteiger partial charge in [0.15, 0.2) is 4.77 Å². The Kier molecular flexibility index (Phi) is 4.02. The van der Waals surface area contributed by atoms with Gasteiger partial charge in [0.05, 0.1) is 12.2 Å². The van der Waals surface area contributed by atoms with E-state index in [2.05, 4.69) is 52.9 Å². The summed E-state index contributed by atoms with van der Waals surface area (Å²) >= 11 is 5.43. The SMILES string of the molecule is CCc1ccc(Cn2c(-c3ccccc3)c[nH]c2=S)cc1. The number of aromatic nitrogens is 2. The van der Waals surface area contributed by atoms with E-state index < -0.39 is 0 Å². The summed E-state index contributed by atoms with van der Waals surface area (Å²) in [5.41, 5.74) is 4.93. The molecular formula is C18H18N2S. The van der Waals surface area contributed by atoms with Crippen LogP contribution < -0.4 is 0 Å². The van der Waals surface area contributed by atoms with Gasteiger partial charge in [-0.3, -0.25) is 0 Å². The van der Waals surface area contributed by atoms with E-state index in [4.69, 9.17) is 12.2 Å². The Morgan fingerprint density at radius 2 is 1.62 bits per heavy atom. The minimum atomic E-state index is 0.758. The number of hydrogen-bond donors (Lipinski definition) is 1. The summed E-state index contributed by atoms with van der Waals surface area (Å²) in [6.45, 7) is 2.96. The van der Waals surface area contributed by atoms with Gasteiger partial charge in [-0.1, -0.05) is 61.5 Å². The third-order valence-electron chi connectivity index (χ3n) is 3.71. The summed E-state index contributed by atoms with van der Waals surface area (Å²) in [5.74, 6) is 0. The molecule has 3 heteroatoms. The van der Waals surface area contributed by atoms with Gasteiger partial charge < -0.3 is 9.55 Å². The lowest BCUT2D eigenvalue weighted by atomic mass is 10.1. The van der Waals surface area contributed by atoms with Crippen LogP contribution >= 0.6 is 12.2 Å². The highest BCUT2D eigenvalue weighted by atomic mass is 32.1. The molecule has 0 aliphatic heterocycles. The molecule has 2 nitrogen and oxygen atoms in total. The molecule has 0 atom stereocenters. The van der Waals surface area contributed by atoms with Gasteiger partial charge in [-0.2, -0.15) is 0 Å². The maximum Gasteiger partial charge on any atom is 0.177 e. The van der Waals surface area contributed by atoms with E-state index in [-0.39, 0.29) is 0 Å².